The molecule has 0 unspecified atom stereocenters. The molecule has 0 atom stereocenters. The maximum atomic E-state index is 12.3. The van der Waals surface area contributed by atoms with Crippen molar-refractivity contribution in [2.45, 2.75) is 19.9 Å². The van der Waals surface area contributed by atoms with Crippen LogP contribution in [0.2, 0.25) is 10.0 Å². The molecule has 1 aromatic carbocycles. The molecular formula is C12H14BrCl2NO. The molecule has 0 N–H and O–H groups in total. The lowest BCUT2D eigenvalue weighted by molar-refractivity contribution is 0.0719. The highest BCUT2D eigenvalue weighted by Crippen LogP contribution is 2.26. The van der Waals surface area contributed by atoms with Gasteiger partial charge in [-0.15, -0.1) is 0 Å². The molecule has 0 aliphatic rings. The van der Waals surface area contributed by atoms with Crippen molar-refractivity contribution in [3.8, 4) is 0 Å². The van der Waals surface area contributed by atoms with Gasteiger partial charge < -0.3 is 4.90 Å². The second-order valence-electron chi connectivity index (χ2n) is 3.88. The minimum atomic E-state index is -0.0908. The van der Waals surface area contributed by atoms with Gasteiger partial charge in [0.05, 0.1) is 15.6 Å². The Morgan fingerprint density at radius 1 is 1.41 bits per heavy atom. The molecule has 0 heterocycles. The molecule has 0 spiro atoms. The van der Waals surface area contributed by atoms with Gasteiger partial charge in [0.1, 0.15) is 0 Å². The molecule has 1 rings (SSSR count). The molecule has 17 heavy (non-hydrogen) atoms. The first-order chi connectivity index (χ1) is 7.99. The van der Waals surface area contributed by atoms with Gasteiger partial charge >= 0.3 is 0 Å². The molecule has 1 aromatic rings. The average Bonchev–Trinajstić information content (AvgIpc) is 2.28. The fourth-order valence-electron chi connectivity index (χ4n) is 1.51. The largest absolute Gasteiger partial charge is 0.335 e. The Bertz CT molecular complexity index is 409. The summed E-state index contributed by atoms with van der Waals surface area (Å²) in [5.74, 6) is -0.0908. The molecule has 0 radical (unpaired) electrons. The lowest BCUT2D eigenvalue weighted by Crippen LogP contribution is -2.38. The molecule has 0 bridgehead atoms. The van der Waals surface area contributed by atoms with E-state index < -0.39 is 0 Å². The molecule has 2 nitrogen and oxygen atoms in total. The van der Waals surface area contributed by atoms with Crippen LogP contribution in [0, 0.1) is 0 Å². The van der Waals surface area contributed by atoms with Crippen LogP contribution in [0.25, 0.3) is 0 Å². The molecule has 0 aliphatic carbocycles. The van der Waals surface area contributed by atoms with E-state index in [9.17, 15) is 4.79 Å². The SMILES string of the molecule is CC(C)N(CCBr)C(=O)c1cccc(Cl)c1Cl. The molecule has 94 valence electrons. The van der Waals surface area contributed by atoms with E-state index in [1.165, 1.54) is 0 Å². The van der Waals surface area contributed by atoms with Crippen molar-refractivity contribution in [3.63, 3.8) is 0 Å². The molecule has 0 aromatic heterocycles. The van der Waals surface area contributed by atoms with Crippen LogP contribution >= 0.6 is 39.1 Å². The number of hydrogen-bond donors (Lipinski definition) is 0. The lowest BCUT2D eigenvalue weighted by atomic mass is 10.1. The van der Waals surface area contributed by atoms with Crippen molar-refractivity contribution in [3.05, 3.63) is 33.8 Å². The zero-order valence-electron chi connectivity index (χ0n) is 9.71. The predicted octanol–water partition coefficient (Wildman–Crippen LogP) is 4.24. The monoisotopic (exact) mass is 337 g/mol. The summed E-state index contributed by atoms with van der Waals surface area (Å²) in [7, 11) is 0. The van der Waals surface area contributed by atoms with Crippen LogP contribution in [-0.4, -0.2) is 28.7 Å². The van der Waals surface area contributed by atoms with Gasteiger partial charge in [0, 0.05) is 17.9 Å². The summed E-state index contributed by atoms with van der Waals surface area (Å²) in [4.78, 5) is 14.1. The van der Waals surface area contributed by atoms with Gasteiger partial charge in [-0.05, 0) is 26.0 Å². The molecule has 1 amide bonds. The minimum absolute atomic E-state index is 0.0908. The van der Waals surface area contributed by atoms with Crippen LogP contribution in [-0.2, 0) is 0 Å². The van der Waals surface area contributed by atoms with Gasteiger partial charge in [-0.25, -0.2) is 0 Å². The van der Waals surface area contributed by atoms with Gasteiger partial charge in [0.25, 0.3) is 5.91 Å². The van der Waals surface area contributed by atoms with Gasteiger partial charge in [-0.2, -0.15) is 0 Å². The van der Waals surface area contributed by atoms with E-state index in [2.05, 4.69) is 15.9 Å². The maximum absolute atomic E-state index is 12.3. The van der Waals surface area contributed by atoms with Crippen molar-refractivity contribution in [1.29, 1.82) is 0 Å². The third-order valence-electron chi connectivity index (χ3n) is 2.39. The smallest absolute Gasteiger partial charge is 0.255 e. The van der Waals surface area contributed by atoms with E-state index in [-0.39, 0.29) is 11.9 Å². The first-order valence-electron chi connectivity index (χ1n) is 5.30. The Morgan fingerprint density at radius 3 is 2.59 bits per heavy atom. The molecule has 0 saturated heterocycles. The van der Waals surface area contributed by atoms with Crippen molar-refractivity contribution in [1.82, 2.24) is 4.90 Å². The first kappa shape index (κ1) is 14.8. The fourth-order valence-corrected chi connectivity index (χ4v) is 2.27. The van der Waals surface area contributed by atoms with E-state index in [1.54, 1.807) is 23.1 Å². The fraction of sp³-hybridized carbons (Fsp3) is 0.417. The summed E-state index contributed by atoms with van der Waals surface area (Å²) in [6.45, 7) is 4.58. The summed E-state index contributed by atoms with van der Waals surface area (Å²) < 4.78 is 0. The maximum Gasteiger partial charge on any atom is 0.255 e. The van der Waals surface area contributed by atoms with Crippen molar-refractivity contribution in [2.24, 2.45) is 0 Å². The Morgan fingerprint density at radius 2 is 2.06 bits per heavy atom. The molecule has 0 saturated carbocycles. The van der Waals surface area contributed by atoms with E-state index in [4.69, 9.17) is 23.2 Å². The number of rotatable bonds is 4. The van der Waals surface area contributed by atoms with Gasteiger partial charge in [0.15, 0.2) is 0 Å². The topological polar surface area (TPSA) is 20.3 Å². The van der Waals surface area contributed by atoms with Crippen LogP contribution in [0.3, 0.4) is 0 Å². The third kappa shape index (κ3) is 3.60. The van der Waals surface area contributed by atoms with E-state index >= 15 is 0 Å². The van der Waals surface area contributed by atoms with Crippen LogP contribution in [0.5, 0.6) is 0 Å². The van der Waals surface area contributed by atoms with Crippen molar-refractivity contribution in [2.75, 3.05) is 11.9 Å². The minimum Gasteiger partial charge on any atom is -0.335 e. The normalized spacial score (nSPS) is 10.7. The van der Waals surface area contributed by atoms with E-state index in [0.717, 1.165) is 5.33 Å². The van der Waals surface area contributed by atoms with Crippen LogP contribution in [0.4, 0.5) is 0 Å². The summed E-state index contributed by atoms with van der Waals surface area (Å²) in [6, 6.07) is 5.22. The number of benzene rings is 1. The highest BCUT2D eigenvalue weighted by molar-refractivity contribution is 9.09. The number of amides is 1. The molecule has 5 heteroatoms. The standard InChI is InChI=1S/C12H14BrCl2NO/c1-8(2)16(7-6-13)12(17)9-4-3-5-10(14)11(9)15/h3-5,8H,6-7H2,1-2H3. The van der Waals surface area contributed by atoms with Crippen LogP contribution < -0.4 is 0 Å². The summed E-state index contributed by atoms with van der Waals surface area (Å²) in [5, 5.41) is 1.45. The van der Waals surface area contributed by atoms with Crippen LogP contribution in [0.15, 0.2) is 18.2 Å². The molecule has 0 fully saturated rings. The summed E-state index contributed by atoms with van der Waals surface area (Å²) >= 11 is 15.3. The van der Waals surface area contributed by atoms with E-state index in [0.29, 0.717) is 22.2 Å². The van der Waals surface area contributed by atoms with Crippen LogP contribution in [0.1, 0.15) is 24.2 Å². The highest BCUT2D eigenvalue weighted by Gasteiger charge is 2.21. The zero-order chi connectivity index (χ0) is 13.0. The first-order valence-corrected chi connectivity index (χ1v) is 7.17. The Hall–Kier alpha value is -0.250. The van der Waals surface area contributed by atoms with Crippen molar-refractivity contribution >= 4 is 45.0 Å². The summed E-state index contributed by atoms with van der Waals surface area (Å²) in [6.07, 6.45) is 0. The van der Waals surface area contributed by atoms with Gasteiger partial charge in [0.2, 0.25) is 0 Å². The number of carbonyl (C=O) groups is 1. The number of nitrogens with zero attached hydrogens (tertiary/aromatic N) is 1. The van der Waals surface area contributed by atoms with E-state index in [1.807, 2.05) is 13.8 Å². The second kappa shape index (κ2) is 6.62. The zero-order valence-corrected chi connectivity index (χ0v) is 12.8. The number of carbonyl (C=O) groups excluding carboxylic acids is 1. The summed E-state index contributed by atoms with van der Waals surface area (Å²) in [5.41, 5.74) is 0.453. The second-order valence-corrected chi connectivity index (χ2v) is 5.46. The number of alkyl halides is 1. The lowest BCUT2D eigenvalue weighted by Gasteiger charge is -2.26. The average molecular weight is 339 g/mol. The number of halogens is 3. The van der Waals surface area contributed by atoms with Gasteiger partial charge in [-0.1, -0.05) is 45.2 Å². The predicted molar refractivity (Wildman–Crippen MR) is 76.4 cm³/mol. The molecule has 0 aliphatic heterocycles. The molecular weight excluding hydrogens is 325 g/mol. The Balaban J connectivity index is 3.05. The third-order valence-corrected chi connectivity index (χ3v) is 3.57. The highest BCUT2D eigenvalue weighted by atomic mass is 79.9. The quantitative estimate of drug-likeness (QED) is 0.752. The van der Waals surface area contributed by atoms with Crippen molar-refractivity contribution < 1.29 is 4.79 Å². The van der Waals surface area contributed by atoms with Gasteiger partial charge in [-0.3, -0.25) is 4.79 Å². The Kier molecular flexibility index (Phi) is 5.77. The Labute approximate surface area is 120 Å². The number of hydrogen-bond acceptors (Lipinski definition) is 1.